The molecule has 0 saturated heterocycles. The van der Waals surface area contributed by atoms with E-state index in [1.54, 1.807) is 0 Å². The summed E-state index contributed by atoms with van der Waals surface area (Å²) in [5.74, 6) is 0. The second-order valence-electron chi connectivity index (χ2n) is 1.76. The highest BCUT2D eigenvalue weighted by Gasteiger charge is 2.13. The zero-order valence-electron chi connectivity index (χ0n) is 5.56. The lowest BCUT2D eigenvalue weighted by Gasteiger charge is -1.99. The zero-order chi connectivity index (χ0) is 7.40. The molecule has 1 rings (SSSR count). The minimum Gasteiger partial charge on any atom is -0.423 e. The van der Waals surface area contributed by atoms with Gasteiger partial charge in [-0.05, 0) is 0 Å². The smallest absolute Gasteiger partial charge is 0.423 e. The topological polar surface area (TPSA) is 55.2 Å². The highest BCUT2D eigenvalue weighted by molar-refractivity contribution is 6.59. The van der Waals surface area contributed by atoms with E-state index in [4.69, 9.17) is 5.02 Å². The van der Waals surface area contributed by atoms with Crippen LogP contribution in [0.25, 0.3) is 0 Å². The fraction of sp³-hybridized carbons (Fsp3) is 0.200. The minimum absolute atomic E-state index is 0.560. The van der Waals surface area contributed by atoms with Crippen LogP contribution in [0.15, 0.2) is 18.7 Å². The third-order valence-electron chi connectivity index (χ3n) is 1.09. The van der Waals surface area contributed by atoms with E-state index in [2.05, 4.69) is 14.6 Å². The van der Waals surface area contributed by atoms with E-state index in [-0.39, 0.29) is 0 Å². The SMILES string of the molecule is COB(O)c1cncnc1. The Kier molecular flexibility index (Phi) is 2.36. The predicted octanol–water partition coefficient (Wildman–Crippen LogP) is -1.19. The van der Waals surface area contributed by atoms with Crippen molar-refractivity contribution in [3.05, 3.63) is 18.7 Å². The molecule has 0 saturated carbocycles. The van der Waals surface area contributed by atoms with Crippen LogP contribution in [-0.2, 0) is 4.65 Å². The second-order valence-corrected chi connectivity index (χ2v) is 1.76. The van der Waals surface area contributed by atoms with Gasteiger partial charge in [0.1, 0.15) is 6.33 Å². The van der Waals surface area contributed by atoms with Gasteiger partial charge in [-0.2, -0.15) is 0 Å². The monoisotopic (exact) mass is 138 g/mol. The molecule has 0 radical (unpaired) electrons. The number of nitrogens with zero attached hydrogens (tertiary/aromatic N) is 2. The normalized spacial score (nSPS) is 9.40. The van der Waals surface area contributed by atoms with Gasteiger partial charge in [-0.15, -0.1) is 0 Å². The Morgan fingerprint density at radius 3 is 2.60 bits per heavy atom. The van der Waals surface area contributed by atoms with E-state index in [0.717, 1.165) is 0 Å². The highest BCUT2D eigenvalue weighted by Crippen LogP contribution is 1.78. The summed E-state index contributed by atoms with van der Waals surface area (Å²) in [5, 5.41) is 9.03. The first kappa shape index (κ1) is 7.18. The minimum atomic E-state index is -0.916. The number of rotatable bonds is 2. The summed E-state index contributed by atoms with van der Waals surface area (Å²) in [5.41, 5.74) is 0.560. The summed E-state index contributed by atoms with van der Waals surface area (Å²) in [6.07, 6.45) is 4.40. The third-order valence-corrected chi connectivity index (χ3v) is 1.09. The van der Waals surface area contributed by atoms with Crippen molar-refractivity contribution in [1.29, 1.82) is 0 Å². The van der Waals surface area contributed by atoms with Crippen LogP contribution in [0.2, 0.25) is 0 Å². The Morgan fingerprint density at radius 2 is 2.10 bits per heavy atom. The van der Waals surface area contributed by atoms with Crippen molar-refractivity contribution in [3.63, 3.8) is 0 Å². The summed E-state index contributed by atoms with van der Waals surface area (Å²) in [4.78, 5) is 7.41. The highest BCUT2D eigenvalue weighted by atomic mass is 16.5. The molecule has 1 aromatic rings. The molecular formula is C5H7BN2O2. The molecule has 5 heteroatoms. The molecule has 0 aliphatic heterocycles. The zero-order valence-corrected chi connectivity index (χ0v) is 5.56. The maximum atomic E-state index is 9.03. The number of aromatic nitrogens is 2. The van der Waals surface area contributed by atoms with E-state index in [9.17, 15) is 0 Å². The quantitative estimate of drug-likeness (QED) is 0.522. The molecule has 0 bridgehead atoms. The van der Waals surface area contributed by atoms with E-state index in [1.165, 1.54) is 25.8 Å². The van der Waals surface area contributed by atoms with Crippen LogP contribution in [0.5, 0.6) is 0 Å². The molecule has 0 aliphatic rings. The van der Waals surface area contributed by atoms with E-state index < -0.39 is 7.12 Å². The van der Waals surface area contributed by atoms with Crippen LogP contribution in [0.4, 0.5) is 0 Å². The Bertz CT molecular complexity index is 194. The molecule has 10 heavy (non-hydrogen) atoms. The molecule has 52 valence electrons. The maximum Gasteiger partial charge on any atom is 0.494 e. The molecule has 0 unspecified atom stereocenters. The first-order valence-electron chi connectivity index (χ1n) is 2.80. The summed E-state index contributed by atoms with van der Waals surface area (Å²) in [6.45, 7) is 0. The maximum absolute atomic E-state index is 9.03. The van der Waals surface area contributed by atoms with Gasteiger partial charge in [0.25, 0.3) is 0 Å². The average Bonchev–Trinajstić information content (AvgIpc) is 2.05. The van der Waals surface area contributed by atoms with Gasteiger partial charge in [-0.1, -0.05) is 0 Å². The first-order chi connectivity index (χ1) is 4.84. The summed E-state index contributed by atoms with van der Waals surface area (Å²) in [7, 11) is 0.499. The number of hydrogen-bond donors (Lipinski definition) is 1. The van der Waals surface area contributed by atoms with Gasteiger partial charge in [0.05, 0.1) is 0 Å². The molecule has 1 aromatic heterocycles. The van der Waals surface area contributed by atoms with E-state index in [0.29, 0.717) is 5.46 Å². The first-order valence-corrected chi connectivity index (χ1v) is 2.80. The number of hydrogen-bond acceptors (Lipinski definition) is 4. The van der Waals surface area contributed by atoms with Gasteiger partial charge in [0, 0.05) is 25.0 Å². The van der Waals surface area contributed by atoms with Crippen LogP contribution < -0.4 is 5.46 Å². The van der Waals surface area contributed by atoms with E-state index >= 15 is 0 Å². The summed E-state index contributed by atoms with van der Waals surface area (Å²) >= 11 is 0. The van der Waals surface area contributed by atoms with Crippen molar-refractivity contribution < 1.29 is 9.68 Å². The van der Waals surface area contributed by atoms with Gasteiger partial charge in [-0.3, -0.25) is 0 Å². The third kappa shape index (κ3) is 1.52. The molecule has 1 N–H and O–H groups in total. The fourth-order valence-corrected chi connectivity index (χ4v) is 0.574. The van der Waals surface area contributed by atoms with Gasteiger partial charge in [0.15, 0.2) is 0 Å². The van der Waals surface area contributed by atoms with Gasteiger partial charge >= 0.3 is 7.12 Å². The molecule has 0 aliphatic carbocycles. The largest absolute Gasteiger partial charge is 0.494 e. The Hall–Kier alpha value is -0.935. The molecule has 0 aromatic carbocycles. The fourth-order valence-electron chi connectivity index (χ4n) is 0.574. The average molecular weight is 138 g/mol. The van der Waals surface area contributed by atoms with Crippen LogP contribution in [-0.4, -0.2) is 29.2 Å². The lowest BCUT2D eigenvalue weighted by atomic mass is 9.82. The lowest BCUT2D eigenvalue weighted by molar-refractivity contribution is 0.341. The van der Waals surface area contributed by atoms with Crippen molar-refractivity contribution in [2.24, 2.45) is 0 Å². The van der Waals surface area contributed by atoms with Crippen LogP contribution in [0.3, 0.4) is 0 Å². The molecule has 1 heterocycles. The second kappa shape index (κ2) is 3.29. The van der Waals surface area contributed by atoms with Crippen molar-refractivity contribution >= 4 is 12.6 Å². The molecule has 0 fully saturated rings. The Labute approximate surface area is 59.0 Å². The van der Waals surface area contributed by atoms with Crippen molar-refractivity contribution in [2.45, 2.75) is 0 Å². The molecule has 0 atom stereocenters. The van der Waals surface area contributed by atoms with Gasteiger partial charge < -0.3 is 9.68 Å². The lowest BCUT2D eigenvalue weighted by Crippen LogP contribution is -2.32. The molecule has 4 nitrogen and oxygen atoms in total. The van der Waals surface area contributed by atoms with E-state index in [1.807, 2.05) is 0 Å². The molecule has 0 spiro atoms. The standard InChI is InChI=1S/C5H7BN2O2/c1-10-6(9)5-2-7-4-8-3-5/h2-4,9H,1H3. The molecule has 0 amide bonds. The van der Waals surface area contributed by atoms with Crippen LogP contribution >= 0.6 is 0 Å². The van der Waals surface area contributed by atoms with Crippen molar-refractivity contribution in [3.8, 4) is 0 Å². The van der Waals surface area contributed by atoms with Crippen molar-refractivity contribution in [2.75, 3.05) is 7.11 Å². The van der Waals surface area contributed by atoms with Crippen LogP contribution in [0.1, 0.15) is 0 Å². The Morgan fingerprint density at radius 1 is 1.50 bits per heavy atom. The predicted molar refractivity (Wildman–Crippen MR) is 36.6 cm³/mol. The summed E-state index contributed by atoms with van der Waals surface area (Å²) in [6, 6.07) is 0. The van der Waals surface area contributed by atoms with Crippen LogP contribution in [0, 0.1) is 0 Å². The Balaban J connectivity index is 2.75. The molecular weight excluding hydrogens is 131 g/mol. The summed E-state index contributed by atoms with van der Waals surface area (Å²) < 4.78 is 4.61. The van der Waals surface area contributed by atoms with Gasteiger partial charge in [-0.25, -0.2) is 9.97 Å². The van der Waals surface area contributed by atoms with Crippen molar-refractivity contribution in [1.82, 2.24) is 9.97 Å². The van der Waals surface area contributed by atoms with Gasteiger partial charge in [0.2, 0.25) is 0 Å².